The molecule has 0 saturated heterocycles. The first-order valence-electron chi connectivity index (χ1n) is 4.45. The summed E-state index contributed by atoms with van der Waals surface area (Å²) >= 11 is 0. The van der Waals surface area contributed by atoms with Crippen LogP contribution in [0.1, 0.15) is 13.8 Å². The zero-order valence-corrected chi connectivity index (χ0v) is 8.91. The molecule has 0 amide bonds. The topological polar surface area (TPSA) is 36.9 Å². The van der Waals surface area contributed by atoms with Crippen LogP contribution in [0.4, 0.5) is 0 Å². The molecule has 0 fully saturated rings. The quantitative estimate of drug-likeness (QED) is 0.425. The predicted octanol–water partition coefficient (Wildman–Crippen LogP) is 1.05. The third kappa shape index (κ3) is 8.18. The Labute approximate surface area is 80.1 Å². The van der Waals surface area contributed by atoms with Gasteiger partial charge >= 0.3 is 0 Å². The normalized spacial score (nSPS) is 15.7. The van der Waals surface area contributed by atoms with E-state index in [2.05, 4.69) is 0 Å². The van der Waals surface area contributed by atoms with E-state index in [9.17, 15) is 0 Å². The Bertz CT molecular complexity index is 108. The molecule has 0 aliphatic rings. The molecule has 0 bridgehead atoms. The van der Waals surface area contributed by atoms with Crippen LogP contribution < -0.4 is 0 Å². The van der Waals surface area contributed by atoms with E-state index in [4.69, 9.17) is 18.9 Å². The maximum absolute atomic E-state index is 5.39. The van der Waals surface area contributed by atoms with Crippen molar-refractivity contribution < 1.29 is 18.9 Å². The van der Waals surface area contributed by atoms with Crippen molar-refractivity contribution in [1.82, 2.24) is 0 Å². The Morgan fingerprint density at radius 3 is 2.31 bits per heavy atom. The summed E-state index contributed by atoms with van der Waals surface area (Å²) in [5, 5.41) is 0. The van der Waals surface area contributed by atoms with Crippen molar-refractivity contribution in [1.29, 1.82) is 0 Å². The fraction of sp³-hybridized carbons (Fsp3) is 1.00. The Kier molecular flexibility index (Phi) is 8.33. The Balaban J connectivity index is 3.24. The van der Waals surface area contributed by atoms with Crippen LogP contribution in [0.5, 0.6) is 0 Å². The number of hydrogen-bond acceptors (Lipinski definition) is 4. The average molecular weight is 192 g/mol. The third-order valence-electron chi connectivity index (χ3n) is 1.54. The van der Waals surface area contributed by atoms with Crippen LogP contribution >= 0.6 is 0 Å². The van der Waals surface area contributed by atoms with Crippen molar-refractivity contribution in [2.45, 2.75) is 26.2 Å². The summed E-state index contributed by atoms with van der Waals surface area (Å²) in [6.07, 6.45) is -0.132. The zero-order chi connectivity index (χ0) is 10.1. The smallest absolute Gasteiger partial charge is 0.154 e. The molecule has 0 radical (unpaired) electrons. The summed E-state index contributed by atoms with van der Waals surface area (Å²) in [6, 6.07) is 0. The van der Waals surface area contributed by atoms with Crippen molar-refractivity contribution >= 4 is 0 Å². The standard InChI is InChI=1S/C9H20O4/c1-8(13-9(2)11-4)7-12-6-5-10-3/h8-9H,5-7H2,1-4H3. The lowest BCUT2D eigenvalue weighted by molar-refractivity contribution is -0.154. The second-order valence-corrected chi connectivity index (χ2v) is 2.82. The summed E-state index contributed by atoms with van der Waals surface area (Å²) in [7, 11) is 3.26. The lowest BCUT2D eigenvalue weighted by atomic mass is 10.4. The van der Waals surface area contributed by atoms with Gasteiger partial charge in [-0.15, -0.1) is 0 Å². The van der Waals surface area contributed by atoms with E-state index in [1.807, 2.05) is 13.8 Å². The van der Waals surface area contributed by atoms with Crippen molar-refractivity contribution in [2.24, 2.45) is 0 Å². The zero-order valence-electron chi connectivity index (χ0n) is 8.91. The summed E-state index contributed by atoms with van der Waals surface area (Å²) in [5.74, 6) is 0. The molecule has 80 valence electrons. The fourth-order valence-electron chi connectivity index (χ4n) is 0.814. The van der Waals surface area contributed by atoms with Crippen LogP contribution in [0, 0.1) is 0 Å². The SMILES string of the molecule is COCCOCC(C)OC(C)OC. The highest BCUT2D eigenvalue weighted by molar-refractivity contribution is 4.47. The van der Waals surface area contributed by atoms with E-state index < -0.39 is 0 Å². The van der Waals surface area contributed by atoms with E-state index in [-0.39, 0.29) is 12.4 Å². The molecule has 0 N–H and O–H groups in total. The lowest BCUT2D eigenvalue weighted by Crippen LogP contribution is -2.23. The van der Waals surface area contributed by atoms with Gasteiger partial charge in [-0.25, -0.2) is 0 Å². The van der Waals surface area contributed by atoms with Gasteiger partial charge in [-0.3, -0.25) is 0 Å². The van der Waals surface area contributed by atoms with Crippen LogP contribution in [0.3, 0.4) is 0 Å². The van der Waals surface area contributed by atoms with Gasteiger partial charge in [0.2, 0.25) is 0 Å². The molecule has 0 aromatic heterocycles. The molecule has 13 heavy (non-hydrogen) atoms. The van der Waals surface area contributed by atoms with Crippen LogP contribution in [-0.4, -0.2) is 46.4 Å². The predicted molar refractivity (Wildman–Crippen MR) is 49.7 cm³/mol. The van der Waals surface area contributed by atoms with Gasteiger partial charge in [0.1, 0.15) is 0 Å². The Morgan fingerprint density at radius 2 is 1.77 bits per heavy atom. The van der Waals surface area contributed by atoms with E-state index in [1.165, 1.54) is 0 Å². The number of rotatable bonds is 8. The van der Waals surface area contributed by atoms with E-state index in [0.29, 0.717) is 19.8 Å². The van der Waals surface area contributed by atoms with Crippen LogP contribution in [-0.2, 0) is 18.9 Å². The van der Waals surface area contributed by atoms with Gasteiger partial charge in [0.15, 0.2) is 6.29 Å². The molecule has 0 saturated carbocycles. The maximum atomic E-state index is 5.39. The van der Waals surface area contributed by atoms with Crippen LogP contribution in [0.2, 0.25) is 0 Å². The monoisotopic (exact) mass is 192 g/mol. The molecule has 0 aromatic rings. The second-order valence-electron chi connectivity index (χ2n) is 2.82. The first kappa shape index (κ1) is 12.8. The van der Waals surface area contributed by atoms with Gasteiger partial charge in [-0.05, 0) is 13.8 Å². The minimum Gasteiger partial charge on any atom is -0.382 e. The maximum Gasteiger partial charge on any atom is 0.154 e. The van der Waals surface area contributed by atoms with E-state index in [1.54, 1.807) is 14.2 Å². The van der Waals surface area contributed by atoms with Gasteiger partial charge in [-0.1, -0.05) is 0 Å². The fourth-order valence-corrected chi connectivity index (χ4v) is 0.814. The number of hydrogen-bond donors (Lipinski definition) is 0. The molecule has 0 spiro atoms. The second kappa shape index (κ2) is 8.44. The first-order valence-corrected chi connectivity index (χ1v) is 4.45. The van der Waals surface area contributed by atoms with Crippen molar-refractivity contribution in [2.75, 3.05) is 34.0 Å². The molecule has 0 aliphatic heterocycles. The highest BCUT2D eigenvalue weighted by Gasteiger charge is 2.06. The Morgan fingerprint density at radius 1 is 1.08 bits per heavy atom. The van der Waals surface area contributed by atoms with Crippen LogP contribution in [0.15, 0.2) is 0 Å². The van der Waals surface area contributed by atoms with Crippen LogP contribution in [0.25, 0.3) is 0 Å². The molecule has 0 aliphatic carbocycles. The highest BCUT2D eigenvalue weighted by atomic mass is 16.7. The average Bonchev–Trinajstić information content (AvgIpc) is 2.12. The molecule has 4 nitrogen and oxygen atoms in total. The minimum absolute atomic E-state index is 0.0480. The van der Waals surface area contributed by atoms with Gasteiger partial charge in [0, 0.05) is 14.2 Å². The van der Waals surface area contributed by atoms with E-state index >= 15 is 0 Å². The van der Waals surface area contributed by atoms with Crippen molar-refractivity contribution in [3.05, 3.63) is 0 Å². The van der Waals surface area contributed by atoms with Gasteiger partial charge < -0.3 is 18.9 Å². The lowest BCUT2D eigenvalue weighted by Gasteiger charge is -2.17. The van der Waals surface area contributed by atoms with Gasteiger partial charge in [0.05, 0.1) is 25.9 Å². The highest BCUT2D eigenvalue weighted by Crippen LogP contribution is 1.98. The molecule has 4 heteroatoms. The van der Waals surface area contributed by atoms with Gasteiger partial charge in [0.25, 0.3) is 0 Å². The van der Waals surface area contributed by atoms with Crippen molar-refractivity contribution in [3.8, 4) is 0 Å². The summed E-state index contributed by atoms with van der Waals surface area (Å²) in [5.41, 5.74) is 0. The minimum atomic E-state index is -0.180. The Hall–Kier alpha value is -0.160. The molecular weight excluding hydrogens is 172 g/mol. The number of methoxy groups -OCH3 is 2. The molecular formula is C9H20O4. The summed E-state index contributed by atoms with van der Waals surface area (Å²) in [6.45, 7) is 5.59. The molecule has 2 unspecified atom stereocenters. The number of ether oxygens (including phenoxy) is 4. The largest absolute Gasteiger partial charge is 0.382 e. The van der Waals surface area contributed by atoms with Gasteiger partial charge in [-0.2, -0.15) is 0 Å². The molecule has 0 rings (SSSR count). The molecule has 0 heterocycles. The molecule has 0 aromatic carbocycles. The van der Waals surface area contributed by atoms with Crippen molar-refractivity contribution in [3.63, 3.8) is 0 Å². The first-order chi connectivity index (χ1) is 6.20. The van der Waals surface area contributed by atoms with E-state index in [0.717, 1.165) is 0 Å². The summed E-state index contributed by atoms with van der Waals surface area (Å²) < 4.78 is 20.4. The molecule has 2 atom stereocenters. The third-order valence-corrected chi connectivity index (χ3v) is 1.54. The summed E-state index contributed by atoms with van der Waals surface area (Å²) in [4.78, 5) is 0.